The smallest absolute Gasteiger partial charge is 0.215 e. The van der Waals surface area contributed by atoms with Gasteiger partial charge in [0.05, 0.1) is 12.3 Å². The summed E-state index contributed by atoms with van der Waals surface area (Å²) in [5.41, 5.74) is 0. The number of halogens is 1. The van der Waals surface area contributed by atoms with E-state index in [9.17, 15) is 8.42 Å². The van der Waals surface area contributed by atoms with Gasteiger partial charge in [-0.25, -0.2) is 12.7 Å². The predicted octanol–water partition coefficient (Wildman–Crippen LogP) is 1.24. The van der Waals surface area contributed by atoms with Crippen molar-refractivity contribution in [2.45, 2.75) is 40.2 Å². The molecular formula is C13H29IN4O2S. The van der Waals surface area contributed by atoms with Crippen molar-refractivity contribution < 1.29 is 8.42 Å². The van der Waals surface area contributed by atoms with Gasteiger partial charge >= 0.3 is 0 Å². The number of aliphatic imine (C=N–C) groups is 1. The van der Waals surface area contributed by atoms with Gasteiger partial charge in [0.2, 0.25) is 10.0 Å². The van der Waals surface area contributed by atoms with Crippen molar-refractivity contribution in [2.75, 3.05) is 31.9 Å². The van der Waals surface area contributed by atoms with Gasteiger partial charge in [-0.05, 0) is 19.3 Å². The summed E-state index contributed by atoms with van der Waals surface area (Å²) in [6.07, 6.45) is 1.15. The normalized spacial score (nSPS) is 21.9. The maximum Gasteiger partial charge on any atom is 0.215 e. The molecule has 2 unspecified atom stereocenters. The highest BCUT2D eigenvalue weighted by atomic mass is 127. The SMILES string of the molecule is CCNC(=NCCS(=O)(=O)N(CC)CC)NC1CC1C.I. The second-order valence-electron chi connectivity index (χ2n) is 5.12. The van der Waals surface area contributed by atoms with Crippen molar-refractivity contribution in [3.05, 3.63) is 0 Å². The molecule has 6 nitrogen and oxygen atoms in total. The number of nitrogens with one attached hydrogen (secondary N) is 2. The zero-order valence-corrected chi connectivity index (χ0v) is 16.6. The van der Waals surface area contributed by atoms with Crippen LogP contribution >= 0.6 is 24.0 Å². The minimum atomic E-state index is -3.19. The molecule has 0 aromatic heterocycles. The third-order valence-corrected chi connectivity index (χ3v) is 5.50. The van der Waals surface area contributed by atoms with Crippen LogP contribution in [0.25, 0.3) is 0 Å². The molecule has 1 rings (SSSR count). The van der Waals surface area contributed by atoms with Crippen molar-refractivity contribution in [3.8, 4) is 0 Å². The molecule has 0 aromatic rings. The van der Waals surface area contributed by atoms with Gasteiger partial charge in [0.1, 0.15) is 0 Å². The van der Waals surface area contributed by atoms with Crippen LogP contribution in [0, 0.1) is 5.92 Å². The number of nitrogens with zero attached hydrogens (tertiary/aromatic N) is 2. The van der Waals surface area contributed by atoms with Gasteiger partial charge in [-0.1, -0.05) is 20.8 Å². The molecule has 126 valence electrons. The number of rotatable bonds is 8. The minimum absolute atomic E-state index is 0. The van der Waals surface area contributed by atoms with Gasteiger partial charge < -0.3 is 10.6 Å². The number of sulfonamides is 1. The lowest BCUT2D eigenvalue weighted by Gasteiger charge is -2.17. The molecule has 8 heteroatoms. The van der Waals surface area contributed by atoms with E-state index in [1.165, 1.54) is 4.31 Å². The Hall–Kier alpha value is -0.0900. The highest BCUT2D eigenvalue weighted by Gasteiger charge is 2.33. The third kappa shape index (κ3) is 7.14. The molecule has 0 radical (unpaired) electrons. The van der Waals surface area contributed by atoms with Crippen molar-refractivity contribution in [3.63, 3.8) is 0 Å². The second kappa shape index (κ2) is 9.83. The van der Waals surface area contributed by atoms with E-state index in [-0.39, 0.29) is 36.3 Å². The quantitative estimate of drug-likeness (QED) is 0.344. The van der Waals surface area contributed by atoms with Crippen LogP contribution in [-0.2, 0) is 10.0 Å². The summed E-state index contributed by atoms with van der Waals surface area (Å²) in [5.74, 6) is 1.46. The van der Waals surface area contributed by atoms with Gasteiger partial charge in [-0.3, -0.25) is 4.99 Å². The molecule has 0 bridgehead atoms. The van der Waals surface area contributed by atoms with Crippen LogP contribution in [0.3, 0.4) is 0 Å². The summed E-state index contributed by atoms with van der Waals surface area (Å²) in [6.45, 7) is 9.98. The Bertz CT molecular complexity index is 424. The first-order chi connectivity index (χ1) is 9.44. The summed E-state index contributed by atoms with van der Waals surface area (Å²) in [5, 5.41) is 6.46. The summed E-state index contributed by atoms with van der Waals surface area (Å²) in [7, 11) is -3.19. The molecule has 1 saturated carbocycles. The lowest BCUT2D eigenvalue weighted by molar-refractivity contribution is 0.445. The Morgan fingerprint density at radius 2 is 1.86 bits per heavy atom. The molecular weight excluding hydrogens is 403 g/mol. The Labute approximate surface area is 146 Å². The molecule has 1 fully saturated rings. The molecule has 0 saturated heterocycles. The fraction of sp³-hybridized carbons (Fsp3) is 0.923. The zero-order chi connectivity index (χ0) is 15.2. The van der Waals surface area contributed by atoms with E-state index in [1.807, 2.05) is 20.8 Å². The fourth-order valence-electron chi connectivity index (χ4n) is 2.04. The summed E-state index contributed by atoms with van der Waals surface area (Å²) in [6, 6.07) is 0.479. The van der Waals surface area contributed by atoms with E-state index in [2.05, 4.69) is 22.5 Å². The topological polar surface area (TPSA) is 73.8 Å². The third-order valence-electron chi connectivity index (χ3n) is 3.49. The van der Waals surface area contributed by atoms with Crippen LogP contribution in [-0.4, -0.2) is 56.7 Å². The fourth-order valence-corrected chi connectivity index (χ4v) is 3.40. The number of hydrogen-bond donors (Lipinski definition) is 2. The Morgan fingerprint density at radius 3 is 2.29 bits per heavy atom. The molecule has 2 N–H and O–H groups in total. The molecule has 1 aliphatic carbocycles. The number of hydrogen-bond acceptors (Lipinski definition) is 3. The Balaban J connectivity index is 0.00000400. The first-order valence-electron chi connectivity index (χ1n) is 7.47. The largest absolute Gasteiger partial charge is 0.357 e. The van der Waals surface area contributed by atoms with E-state index in [0.717, 1.165) is 18.9 Å². The van der Waals surface area contributed by atoms with Crippen LogP contribution < -0.4 is 10.6 Å². The monoisotopic (exact) mass is 432 g/mol. The molecule has 0 aromatic carbocycles. The average Bonchev–Trinajstić information content (AvgIpc) is 3.06. The molecule has 0 aliphatic heterocycles. The van der Waals surface area contributed by atoms with Crippen LogP contribution in [0.1, 0.15) is 34.1 Å². The highest BCUT2D eigenvalue weighted by Crippen LogP contribution is 2.28. The van der Waals surface area contributed by atoms with E-state index >= 15 is 0 Å². The number of guanidine groups is 1. The van der Waals surface area contributed by atoms with Crippen molar-refractivity contribution >= 4 is 40.0 Å². The van der Waals surface area contributed by atoms with E-state index in [1.54, 1.807) is 0 Å². The van der Waals surface area contributed by atoms with Crippen molar-refractivity contribution in [1.29, 1.82) is 0 Å². The lowest BCUT2D eigenvalue weighted by Crippen LogP contribution is -2.40. The molecule has 0 amide bonds. The van der Waals surface area contributed by atoms with Gasteiger partial charge in [-0.2, -0.15) is 0 Å². The maximum atomic E-state index is 12.0. The van der Waals surface area contributed by atoms with Crippen LogP contribution in [0.15, 0.2) is 4.99 Å². The molecule has 0 heterocycles. The highest BCUT2D eigenvalue weighted by molar-refractivity contribution is 14.0. The summed E-state index contributed by atoms with van der Waals surface area (Å²) in [4.78, 5) is 4.35. The van der Waals surface area contributed by atoms with Crippen molar-refractivity contribution in [1.82, 2.24) is 14.9 Å². The average molecular weight is 432 g/mol. The van der Waals surface area contributed by atoms with E-state index in [4.69, 9.17) is 0 Å². The Kier molecular flexibility index (Phi) is 9.79. The lowest BCUT2D eigenvalue weighted by atomic mass is 10.5. The van der Waals surface area contributed by atoms with Gasteiger partial charge in [0, 0.05) is 25.7 Å². The van der Waals surface area contributed by atoms with Crippen LogP contribution in [0.5, 0.6) is 0 Å². The summed E-state index contributed by atoms with van der Waals surface area (Å²) < 4.78 is 25.5. The first-order valence-corrected chi connectivity index (χ1v) is 9.08. The summed E-state index contributed by atoms with van der Waals surface area (Å²) >= 11 is 0. The second-order valence-corrected chi connectivity index (χ2v) is 7.21. The predicted molar refractivity (Wildman–Crippen MR) is 98.8 cm³/mol. The first kappa shape index (κ1) is 20.9. The van der Waals surface area contributed by atoms with Gasteiger partial charge in [0.25, 0.3) is 0 Å². The van der Waals surface area contributed by atoms with Gasteiger partial charge in [-0.15, -0.1) is 24.0 Å². The van der Waals surface area contributed by atoms with Crippen molar-refractivity contribution in [2.24, 2.45) is 10.9 Å². The minimum Gasteiger partial charge on any atom is -0.357 e. The van der Waals surface area contributed by atoms with Gasteiger partial charge in [0.15, 0.2) is 5.96 Å². The molecule has 1 aliphatic rings. The molecule has 21 heavy (non-hydrogen) atoms. The van der Waals surface area contributed by atoms with Crippen LogP contribution in [0.2, 0.25) is 0 Å². The molecule has 0 spiro atoms. The standard InChI is InChI=1S/C13H28N4O2S.HI/c1-5-14-13(16-12-10-11(12)4)15-8-9-20(18,19)17(6-2)7-3;/h11-12H,5-10H2,1-4H3,(H2,14,15,16);1H. The zero-order valence-electron chi connectivity index (χ0n) is 13.4. The van der Waals surface area contributed by atoms with E-state index < -0.39 is 10.0 Å². The molecule has 2 atom stereocenters. The van der Waals surface area contributed by atoms with E-state index in [0.29, 0.717) is 25.0 Å². The maximum absolute atomic E-state index is 12.0. The Morgan fingerprint density at radius 1 is 1.29 bits per heavy atom. The van der Waals surface area contributed by atoms with Crippen LogP contribution in [0.4, 0.5) is 0 Å².